The van der Waals surface area contributed by atoms with Crippen molar-refractivity contribution in [3.8, 4) is 11.3 Å². The van der Waals surface area contributed by atoms with Crippen molar-refractivity contribution in [2.45, 2.75) is 13.8 Å². The number of carbonyl (C=O) groups excluding carboxylic acids is 1. The number of fused-ring (bicyclic) bond motifs is 1. The van der Waals surface area contributed by atoms with Crippen LogP contribution in [-0.4, -0.2) is 15.3 Å². The Kier molecular flexibility index (Phi) is 3.86. The third kappa shape index (κ3) is 2.70. The van der Waals surface area contributed by atoms with Crippen molar-refractivity contribution in [1.82, 2.24) is 9.38 Å². The fourth-order valence-corrected chi connectivity index (χ4v) is 2.36. The number of nitrogens with zero attached hydrogens (tertiary/aromatic N) is 2. The van der Waals surface area contributed by atoms with Crippen LogP contribution in [0.15, 0.2) is 48.7 Å². The molecule has 1 amide bonds. The van der Waals surface area contributed by atoms with Crippen molar-refractivity contribution < 1.29 is 4.79 Å². The van der Waals surface area contributed by atoms with E-state index in [1.807, 2.05) is 54.6 Å². The Hall–Kier alpha value is -2.33. The second-order valence-corrected chi connectivity index (χ2v) is 5.83. The number of hydrogen-bond donors (Lipinski definition) is 1. The molecule has 0 aliphatic rings. The molecular weight excluding hydrogens is 298 g/mol. The lowest BCUT2D eigenvalue weighted by Crippen LogP contribution is -2.19. The molecule has 4 nitrogen and oxygen atoms in total. The van der Waals surface area contributed by atoms with Crippen LogP contribution in [-0.2, 0) is 4.79 Å². The Bertz CT molecular complexity index is 825. The van der Waals surface area contributed by atoms with E-state index in [0.717, 1.165) is 16.9 Å². The van der Waals surface area contributed by atoms with Crippen LogP contribution in [0, 0.1) is 5.92 Å². The number of benzene rings is 1. The van der Waals surface area contributed by atoms with E-state index in [9.17, 15) is 4.79 Å². The van der Waals surface area contributed by atoms with Crippen molar-refractivity contribution in [3.63, 3.8) is 0 Å². The molecule has 0 fully saturated rings. The normalized spacial score (nSPS) is 11.1. The lowest BCUT2D eigenvalue weighted by Gasteiger charge is -2.09. The van der Waals surface area contributed by atoms with E-state index in [1.165, 1.54) is 0 Å². The fraction of sp³-hybridized carbons (Fsp3) is 0.176. The summed E-state index contributed by atoms with van der Waals surface area (Å²) in [4.78, 5) is 16.8. The van der Waals surface area contributed by atoms with Gasteiger partial charge in [0.25, 0.3) is 0 Å². The van der Waals surface area contributed by atoms with Crippen molar-refractivity contribution in [2.75, 3.05) is 5.32 Å². The second kappa shape index (κ2) is 5.81. The minimum Gasteiger partial charge on any atom is -0.310 e. The molecule has 0 radical (unpaired) electrons. The molecule has 0 unspecified atom stereocenters. The minimum absolute atomic E-state index is 0.0565. The fourth-order valence-electron chi connectivity index (χ4n) is 2.20. The molecule has 112 valence electrons. The van der Waals surface area contributed by atoms with Gasteiger partial charge in [-0.15, -0.1) is 0 Å². The molecule has 3 aromatic rings. The molecule has 0 aliphatic carbocycles. The van der Waals surface area contributed by atoms with E-state index in [4.69, 9.17) is 11.6 Å². The van der Waals surface area contributed by atoms with Gasteiger partial charge in [-0.3, -0.25) is 9.20 Å². The largest absolute Gasteiger partial charge is 0.310 e. The first-order chi connectivity index (χ1) is 10.6. The summed E-state index contributed by atoms with van der Waals surface area (Å²) in [6.07, 6.45) is 1.76. The van der Waals surface area contributed by atoms with Crippen LogP contribution in [0.3, 0.4) is 0 Å². The van der Waals surface area contributed by atoms with Crippen LogP contribution in [0.25, 0.3) is 16.9 Å². The van der Waals surface area contributed by atoms with Gasteiger partial charge in [0, 0.05) is 17.7 Å². The number of pyridine rings is 1. The Morgan fingerprint density at radius 1 is 1.18 bits per heavy atom. The lowest BCUT2D eigenvalue weighted by atomic mass is 10.1. The zero-order valence-corrected chi connectivity index (χ0v) is 13.1. The van der Waals surface area contributed by atoms with Gasteiger partial charge in [-0.1, -0.05) is 55.8 Å². The first kappa shape index (κ1) is 14.6. The van der Waals surface area contributed by atoms with Gasteiger partial charge in [-0.2, -0.15) is 0 Å². The number of carbonyl (C=O) groups is 1. The number of amides is 1. The molecule has 22 heavy (non-hydrogen) atoms. The quantitative estimate of drug-likeness (QED) is 0.785. The predicted octanol–water partition coefficient (Wildman–Crippen LogP) is 4.25. The van der Waals surface area contributed by atoms with E-state index in [2.05, 4.69) is 10.3 Å². The van der Waals surface area contributed by atoms with E-state index in [0.29, 0.717) is 10.8 Å². The van der Waals surface area contributed by atoms with Gasteiger partial charge >= 0.3 is 0 Å². The summed E-state index contributed by atoms with van der Waals surface area (Å²) >= 11 is 6.08. The Morgan fingerprint density at radius 3 is 2.59 bits per heavy atom. The van der Waals surface area contributed by atoms with Gasteiger partial charge in [0.15, 0.2) is 0 Å². The molecule has 2 aromatic heterocycles. The molecule has 0 saturated heterocycles. The van der Waals surface area contributed by atoms with Gasteiger partial charge in [0.1, 0.15) is 17.2 Å². The van der Waals surface area contributed by atoms with Gasteiger partial charge in [-0.25, -0.2) is 4.98 Å². The van der Waals surface area contributed by atoms with Crippen LogP contribution in [0.5, 0.6) is 0 Å². The third-order valence-corrected chi connectivity index (χ3v) is 3.62. The number of hydrogen-bond acceptors (Lipinski definition) is 2. The van der Waals surface area contributed by atoms with Crippen molar-refractivity contribution in [2.24, 2.45) is 5.92 Å². The van der Waals surface area contributed by atoms with Gasteiger partial charge in [-0.05, 0) is 12.1 Å². The Balaban J connectivity index is 2.20. The highest BCUT2D eigenvalue weighted by Crippen LogP contribution is 2.29. The van der Waals surface area contributed by atoms with E-state index >= 15 is 0 Å². The van der Waals surface area contributed by atoms with E-state index < -0.39 is 0 Å². The van der Waals surface area contributed by atoms with Crippen LogP contribution in [0.2, 0.25) is 5.02 Å². The van der Waals surface area contributed by atoms with Crippen molar-refractivity contribution in [1.29, 1.82) is 0 Å². The number of imidazole rings is 1. The highest BCUT2D eigenvalue weighted by molar-refractivity contribution is 6.30. The first-order valence-electron chi connectivity index (χ1n) is 7.10. The third-order valence-electron chi connectivity index (χ3n) is 3.40. The van der Waals surface area contributed by atoms with Gasteiger partial charge in [0.2, 0.25) is 5.91 Å². The van der Waals surface area contributed by atoms with Crippen LogP contribution < -0.4 is 5.32 Å². The van der Waals surface area contributed by atoms with Gasteiger partial charge in [0.05, 0.1) is 5.02 Å². The molecule has 0 atom stereocenters. The minimum atomic E-state index is -0.117. The number of anilines is 1. The molecular formula is C17H16ClN3O. The summed E-state index contributed by atoms with van der Waals surface area (Å²) in [5.41, 5.74) is 2.42. The highest BCUT2D eigenvalue weighted by Gasteiger charge is 2.17. The molecule has 1 aromatic carbocycles. The molecule has 2 heterocycles. The Labute approximate surface area is 133 Å². The zero-order chi connectivity index (χ0) is 15.7. The SMILES string of the molecule is CC(C)C(=O)Nc1c(-c2ccccc2)nc2ccc(Cl)cn12. The smallest absolute Gasteiger partial charge is 0.228 e. The molecule has 5 heteroatoms. The van der Waals surface area contributed by atoms with Crippen molar-refractivity contribution in [3.05, 3.63) is 53.7 Å². The number of halogens is 1. The summed E-state index contributed by atoms with van der Waals surface area (Å²) in [5.74, 6) is 0.467. The highest BCUT2D eigenvalue weighted by atomic mass is 35.5. The first-order valence-corrected chi connectivity index (χ1v) is 7.48. The maximum Gasteiger partial charge on any atom is 0.228 e. The molecule has 0 aliphatic heterocycles. The standard InChI is InChI=1S/C17H16ClN3O/c1-11(2)17(22)20-16-15(12-6-4-3-5-7-12)19-14-9-8-13(18)10-21(14)16/h3-11H,1-2H3,(H,20,22). The zero-order valence-electron chi connectivity index (χ0n) is 12.4. The average molecular weight is 314 g/mol. The second-order valence-electron chi connectivity index (χ2n) is 5.39. The maximum atomic E-state index is 12.1. The Morgan fingerprint density at radius 2 is 1.91 bits per heavy atom. The summed E-state index contributed by atoms with van der Waals surface area (Å²) in [7, 11) is 0. The molecule has 0 spiro atoms. The topological polar surface area (TPSA) is 46.4 Å². The number of nitrogens with one attached hydrogen (secondary N) is 1. The summed E-state index contributed by atoms with van der Waals surface area (Å²) < 4.78 is 1.81. The predicted molar refractivity (Wildman–Crippen MR) is 89.1 cm³/mol. The maximum absolute atomic E-state index is 12.1. The van der Waals surface area contributed by atoms with Crippen molar-refractivity contribution >= 4 is 29.0 Å². The number of aromatic nitrogens is 2. The molecule has 0 bridgehead atoms. The average Bonchev–Trinajstić information content (AvgIpc) is 2.86. The summed E-state index contributed by atoms with van der Waals surface area (Å²) in [6, 6.07) is 13.4. The lowest BCUT2D eigenvalue weighted by molar-refractivity contribution is -0.118. The van der Waals surface area contributed by atoms with Crippen LogP contribution in [0.1, 0.15) is 13.8 Å². The van der Waals surface area contributed by atoms with Crippen LogP contribution >= 0.6 is 11.6 Å². The molecule has 1 N–H and O–H groups in total. The molecule has 0 saturated carbocycles. The van der Waals surface area contributed by atoms with Crippen LogP contribution in [0.4, 0.5) is 5.82 Å². The van der Waals surface area contributed by atoms with E-state index in [-0.39, 0.29) is 11.8 Å². The van der Waals surface area contributed by atoms with E-state index in [1.54, 1.807) is 12.3 Å². The number of rotatable bonds is 3. The monoisotopic (exact) mass is 313 g/mol. The summed E-state index contributed by atoms with van der Waals surface area (Å²) in [6.45, 7) is 3.71. The van der Waals surface area contributed by atoms with Gasteiger partial charge < -0.3 is 5.32 Å². The molecule has 3 rings (SSSR count). The summed E-state index contributed by atoms with van der Waals surface area (Å²) in [5, 5.41) is 3.55.